The number of nitrogens with one attached hydrogen (secondary N) is 3. The molecule has 2 heterocycles. The Morgan fingerprint density at radius 3 is 2.68 bits per heavy atom. The molecule has 3 N–H and O–H groups in total. The molecule has 4 rings (SSSR count). The largest absolute Gasteiger partial charge is 0.370 e. The summed E-state index contributed by atoms with van der Waals surface area (Å²) in [7, 11) is 0. The monoisotopic (exact) mass is 391 g/mol. The predicted molar refractivity (Wildman–Crippen MR) is 116 cm³/mol. The van der Waals surface area contributed by atoms with Crippen LogP contribution in [0, 0.1) is 6.92 Å². The SMILES string of the molecule is Cc1cc(NCCc2c[nH]c3ccccc23)nc(NCc2ccccc2Cl)n1. The summed E-state index contributed by atoms with van der Waals surface area (Å²) in [5.41, 5.74) is 4.39. The van der Waals surface area contributed by atoms with E-state index in [0.717, 1.165) is 35.1 Å². The number of fused-ring (bicyclic) bond motifs is 1. The Kier molecular flexibility index (Phi) is 5.44. The van der Waals surface area contributed by atoms with Crippen molar-refractivity contribution in [1.29, 1.82) is 0 Å². The fourth-order valence-corrected chi connectivity index (χ4v) is 3.42. The van der Waals surface area contributed by atoms with Crippen molar-refractivity contribution >= 4 is 34.3 Å². The first kappa shape index (κ1) is 18.3. The highest BCUT2D eigenvalue weighted by molar-refractivity contribution is 6.31. The van der Waals surface area contributed by atoms with Crippen molar-refractivity contribution < 1.29 is 0 Å². The Hall–Kier alpha value is -3.05. The zero-order chi connectivity index (χ0) is 19.3. The first-order valence-electron chi connectivity index (χ1n) is 9.31. The molecule has 0 radical (unpaired) electrons. The van der Waals surface area contributed by atoms with E-state index in [2.05, 4.69) is 50.0 Å². The summed E-state index contributed by atoms with van der Waals surface area (Å²) >= 11 is 6.22. The fraction of sp³-hybridized carbons (Fsp3) is 0.182. The van der Waals surface area contributed by atoms with Crippen LogP contribution in [-0.2, 0) is 13.0 Å². The van der Waals surface area contributed by atoms with E-state index < -0.39 is 0 Å². The standard InChI is InChI=1S/C22H22ClN5/c1-15-12-21(24-11-10-16-13-25-20-9-5-3-7-18(16)20)28-22(27-15)26-14-17-6-2-4-8-19(17)23/h2-9,12-13,25H,10-11,14H2,1H3,(H2,24,26,27,28). The molecule has 5 nitrogen and oxygen atoms in total. The maximum absolute atomic E-state index is 6.22. The van der Waals surface area contributed by atoms with Crippen molar-refractivity contribution in [3.63, 3.8) is 0 Å². The van der Waals surface area contributed by atoms with E-state index in [0.29, 0.717) is 12.5 Å². The Morgan fingerprint density at radius 2 is 1.79 bits per heavy atom. The van der Waals surface area contributed by atoms with E-state index in [1.54, 1.807) is 0 Å². The van der Waals surface area contributed by atoms with E-state index in [-0.39, 0.29) is 0 Å². The van der Waals surface area contributed by atoms with E-state index >= 15 is 0 Å². The molecule has 0 bridgehead atoms. The molecule has 28 heavy (non-hydrogen) atoms. The molecule has 0 aliphatic carbocycles. The first-order chi connectivity index (χ1) is 13.7. The van der Waals surface area contributed by atoms with Gasteiger partial charge in [-0.1, -0.05) is 48.0 Å². The lowest BCUT2D eigenvalue weighted by molar-refractivity contribution is 0.986. The molecule has 0 unspecified atom stereocenters. The van der Waals surface area contributed by atoms with E-state index in [1.807, 2.05) is 43.3 Å². The van der Waals surface area contributed by atoms with Crippen LogP contribution in [0.5, 0.6) is 0 Å². The molecule has 2 aromatic carbocycles. The van der Waals surface area contributed by atoms with Crippen molar-refractivity contribution in [2.24, 2.45) is 0 Å². The third kappa shape index (κ3) is 4.26. The summed E-state index contributed by atoms with van der Waals surface area (Å²) in [5.74, 6) is 1.41. The van der Waals surface area contributed by atoms with Crippen LogP contribution in [0.3, 0.4) is 0 Å². The van der Waals surface area contributed by atoms with Gasteiger partial charge in [-0.25, -0.2) is 4.98 Å². The topological polar surface area (TPSA) is 65.6 Å². The first-order valence-corrected chi connectivity index (χ1v) is 9.68. The highest BCUT2D eigenvalue weighted by Gasteiger charge is 2.06. The highest BCUT2D eigenvalue weighted by Crippen LogP contribution is 2.19. The van der Waals surface area contributed by atoms with Crippen molar-refractivity contribution in [2.45, 2.75) is 19.9 Å². The summed E-state index contributed by atoms with van der Waals surface area (Å²) < 4.78 is 0. The van der Waals surface area contributed by atoms with Crippen LogP contribution in [0.1, 0.15) is 16.8 Å². The second kappa shape index (κ2) is 8.31. The normalized spacial score (nSPS) is 10.9. The van der Waals surface area contributed by atoms with Crippen LogP contribution in [0.15, 0.2) is 60.8 Å². The summed E-state index contributed by atoms with van der Waals surface area (Å²) in [5, 5.41) is 8.67. The molecule has 0 saturated heterocycles. The van der Waals surface area contributed by atoms with Crippen molar-refractivity contribution in [2.75, 3.05) is 17.2 Å². The number of H-pyrrole nitrogens is 1. The molecule has 0 atom stereocenters. The molecule has 0 aliphatic rings. The van der Waals surface area contributed by atoms with Gasteiger partial charge in [0.1, 0.15) is 5.82 Å². The minimum Gasteiger partial charge on any atom is -0.370 e. The number of nitrogens with zero attached hydrogens (tertiary/aromatic N) is 2. The van der Waals surface area contributed by atoms with Crippen LogP contribution < -0.4 is 10.6 Å². The minimum absolute atomic E-state index is 0.581. The second-order valence-electron chi connectivity index (χ2n) is 6.70. The molecule has 0 amide bonds. The fourth-order valence-electron chi connectivity index (χ4n) is 3.22. The zero-order valence-electron chi connectivity index (χ0n) is 15.7. The number of anilines is 2. The lowest BCUT2D eigenvalue weighted by atomic mass is 10.1. The summed E-state index contributed by atoms with van der Waals surface area (Å²) in [6.45, 7) is 3.34. The van der Waals surface area contributed by atoms with Crippen LogP contribution >= 0.6 is 11.6 Å². The second-order valence-corrected chi connectivity index (χ2v) is 7.11. The molecule has 0 fully saturated rings. The van der Waals surface area contributed by atoms with Gasteiger partial charge in [0, 0.05) is 47.0 Å². The molecule has 0 aliphatic heterocycles. The van der Waals surface area contributed by atoms with Crippen LogP contribution in [-0.4, -0.2) is 21.5 Å². The predicted octanol–water partition coefficient (Wildman–Crippen LogP) is 5.19. The average molecular weight is 392 g/mol. The Labute approximate surface area is 169 Å². The van der Waals surface area contributed by atoms with Gasteiger partial charge < -0.3 is 15.6 Å². The van der Waals surface area contributed by atoms with Crippen molar-refractivity contribution in [3.8, 4) is 0 Å². The minimum atomic E-state index is 0.581. The van der Waals surface area contributed by atoms with E-state index in [9.17, 15) is 0 Å². The van der Waals surface area contributed by atoms with Gasteiger partial charge in [0.2, 0.25) is 5.95 Å². The molecular formula is C22H22ClN5. The maximum Gasteiger partial charge on any atom is 0.225 e. The number of aromatic amines is 1. The lowest BCUT2D eigenvalue weighted by Crippen LogP contribution is -2.10. The molecule has 2 aromatic heterocycles. The summed E-state index contributed by atoms with van der Waals surface area (Å²) in [6.07, 6.45) is 2.99. The lowest BCUT2D eigenvalue weighted by Gasteiger charge is -2.10. The van der Waals surface area contributed by atoms with Crippen molar-refractivity contribution in [3.05, 3.63) is 82.6 Å². The van der Waals surface area contributed by atoms with Gasteiger partial charge in [-0.05, 0) is 36.6 Å². The molecule has 142 valence electrons. The van der Waals surface area contributed by atoms with Gasteiger partial charge >= 0.3 is 0 Å². The molecule has 0 spiro atoms. The highest BCUT2D eigenvalue weighted by atomic mass is 35.5. The van der Waals surface area contributed by atoms with Gasteiger partial charge in [0.25, 0.3) is 0 Å². The van der Waals surface area contributed by atoms with E-state index in [1.165, 1.54) is 16.5 Å². The number of hydrogen-bond donors (Lipinski definition) is 3. The van der Waals surface area contributed by atoms with Gasteiger partial charge in [-0.15, -0.1) is 0 Å². The van der Waals surface area contributed by atoms with Crippen LogP contribution in [0.4, 0.5) is 11.8 Å². The molecular weight excluding hydrogens is 370 g/mol. The number of benzene rings is 2. The maximum atomic E-state index is 6.22. The number of hydrogen-bond acceptors (Lipinski definition) is 4. The number of aromatic nitrogens is 3. The van der Waals surface area contributed by atoms with E-state index in [4.69, 9.17) is 11.6 Å². The Balaban J connectivity index is 1.39. The number of aryl methyl sites for hydroxylation is 1. The number of halogens is 1. The van der Waals surface area contributed by atoms with Gasteiger partial charge in [-0.2, -0.15) is 4.98 Å². The Morgan fingerprint density at radius 1 is 0.964 bits per heavy atom. The van der Waals surface area contributed by atoms with Crippen LogP contribution in [0.25, 0.3) is 10.9 Å². The zero-order valence-corrected chi connectivity index (χ0v) is 16.4. The number of rotatable bonds is 7. The summed E-state index contributed by atoms with van der Waals surface area (Å²) in [6, 6.07) is 18.1. The van der Waals surface area contributed by atoms with Gasteiger partial charge in [0.05, 0.1) is 0 Å². The molecule has 6 heteroatoms. The third-order valence-electron chi connectivity index (χ3n) is 4.62. The quantitative estimate of drug-likeness (QED) is 0.405. The Bertz CT molecular complexity index is 1090. The van der Waals surface area contributed by atoms with Crippen molar-refractivity contribution in [1.82, 2.24) is 15.0 Å². The number of para-hydroxylation sites is 1. The van der Waals surface area contributed by atoms with Gasteiger partial charge in [-0.3, -0.25) is 0 Å². The summed E-state index contributed by atoms with van der Waals surface area (Å²) in [4.78, 5) is 12.4. The van der Waals surface area contributed by atoms with Gasteiger partial charge in [0.15, 0.2) is 0 Å². The average Bonchev–Trinajstić information content (AvgIpc) is 3.10. The van der Waals surface area contributed by atoms with Crippen LogP contribution in [0.2, 0.25) is 5.02 Å². The molecule has 4 aromatic rings. The third-order valence-corrected chi connectivity index (χ3v) is 4.99. The molecule has 0 saturated carbocycles. The smallest absolute Gasteiger partial charge is 0.225 e.